The summed E-state index contributed by atoms with van der Waals surface area (Å²) in [6, 6.07) is 6.35. The Labute approximate surface area is 121 Å². The molecule has 20 heavy (non-hydrogen) atoms. The first-order valence-electron chi connectivity index (χ1n) is 6.38. The number of nitrogens with one attached hydrogen (secondary N) is 1. The predicted octanol–water partition coefficient (Wildman–Crippen LogP) is 3.80. The van der Waals surface area contributed by atoms with Crippen LogP contribution in [0.5, 0.6) is 0 Å². The van der Waals surface area contributed by atoms with Gasteiger partial charge < -0.3 is 10.4 Å². The van der Waals surface area contributed by atoms with Gasteiger partial charge in [-0.1, -0.05) is 26.0 Å². The summed E-state index contributed by atoms with van der Waals surface area (Å²) in [5, 5.41) is 12.2. The van der Waals surface area contributed by atoms with Crippen LogP contribution in [0.4, 0.5) is 13.2 Å². The second kappa shape index (κ2) is 7.33. The Morgan fingerprint density at radius 3 is 2.25 bits per heavy atom. The maximum absolute atomic E-state index is 12.2. The minimum atomic E-state index is -4.24. The lowest BCUT2D eigenvalue weighted by atomic mass is 9.90. The first kappa shape index (κ1) is 17.3. The van der Waals surface area contributed by atoms with Gasteiger partial charge >= 0.3 is 5.51 Å². The van der Waals surface area contributed by atoms with E-state index < -0.39 is 5.51 Å². The third-order valence-electron chi connectivity index (χ3n) is 2.88. The second-order valence-corrected chi connectivity index (χ2v) is 6.57. The Balaban J connectivity index is 2.42. The van der Waals surface area contributed by atoms with Crippen molar-refractivity contribution >= 4 is 11.8 Å². The molecule has 0 fully saturated rings. The number of halogens is 3. The molecule has 2 nitrogen and oxygen atoms in total. The molecular weight excluding hydrogens is 287 g/mol. The summed E-state index contributed by atoms with van der Waals surface area (Å²) in [5.74, 6) is 0. The monoisotopic (exact) mass is 307 g/mol. The molecule has 0 saturated heterocycles. The minimum absolute atomic E-state index is 0.000820. The fourth-order valence-corrected chi connectivity index (χ4v) is 2.28. The molecule has 1 aromatic rings. The van der Waals surface area contributed by atoms with Gasteiger partial charge in [-0.2, -0.15) is 13.2 Å². The van der Waals surface area contributed by atoms with Crippen LogP contribution in [0.1, 0.15) is 25.8 Å². The van der Waals surface area contributed by atoms with Crippen LogP contribution in [-0.4, -0.2) is 23.8 Å². The maximum Gasteiger partial charge on any atom is 0.446 e. The molecule has 0 heterocycles. The largest absolute Gasteiger partial charge is 0.446 e. The van der Waals surface area contributed by atoms with Crippen molar-refractivity contribution in [2.24, 2.45) is 5.41 Å². The van der Waals surface area contributed by atoms with Gasteiger partial charge in [0.15, 0.2) is 0 Å². The zero-order chi connectivity index (χ0) is 15.2. The number of rotatable bonds is 7. The molecule has 0 aromatic heterocycles. The molecule has 0 bridgehead atoms. The Morgan fingerprint density at radius 1 is 1.15 bits per heavy atom. The van der Waals surface area contributed by atoms with Gasteiger partial charge in [-0.3, -0.25) is 0 Å². The van der Waals surface area contributed by atoms with Crippen molar-refractivity contribution < 1.29 is 18.3 Å². The summed E-state index contributed by atoms with van der Waals surface area (Å²) in [7, 11) is 0. The smallest absolute Gasteiger partial charge is 0.396 e. The number of benzene rings is 1. The average molecular weight is 307 g/mol. The molecule has 0 aliphatic carbocycles. The summed E-state index contributed by atoms with van der Waals surface area (Å²) in [5.41, 5.74) is -3.30. The van der Waals surface area contributed by atoms with Crippen LogP contribution in [0, 0.1) is 5.41 Å². The first-order chi connectivity index (χ1) is 9.22. The van der Waals surface area contributed by atoms with E-state index in [0.717, 1.165) is 12.1 Å². The van der Waals surface area contributed by atoms with Gasteiger partial charge in [0, 0.05) is 24.6 Å². The standard InChI is InChI=1S/C14H20F3NOS/c1-13(2,7-8-19)10-18-9-11-3-5-12(6-4-11)20-14(15,16)17/h3-6,18-19H,7-10H2,1-2H3. The van der Waals surface area contributed by atoms with Gasteiger partial charge in [0.25, 0.3) is 0 Å². The summed E-state index contributed by atoms with van der Waals surface area (Å²) in [4.78, 5) is 0.196. The topological polar surface area (TPSA) is 32.3 Å². The Bertz CT molecular complexity index is 404. The molecular formula is C14H20F3NOS. The highest BCUT2D eigenvalue weighted by atomic mass is 32.2. The molecule has 0 saturated carbocycles. The normalized spacial score (nSPS) is 12.7. The van der Waals surface area contributed by atoms with E-state index in [2.05, 4.69) is 19.2 Å². The Kier molecular flexibility index (Phi) is 6.36. The van der Waals surface area contributed by atoms with Crippen LogP contribution in [0.3, 0.4) is 0 Å². The summed E-state index contributed by atoms with van der Waals surface area (Å²) in [6.45, 7) is 5.61. The average Bonchev–Trinajstić information content (AvgIpc) is 2.29. The lowest BCUT2D eigenvalue weighted by molar-refractivity contribution is -0.0328. The van der Waals surface area contributed by atoms with E-state index >= 15 is 0 Å². The van der Waals surface area contributed by atoms with Crippen LogP contribution in [0.25, 0.3) is 0 Å². The Hall–Kier alpha value is -0.720. The van der Waals surface area contributed by atoms with E-state index in [0.29, 0.717) is 13.0 Å². The highest BCUT2D eigenvalue weighted by Gasteiger charge is 2.28. The maximum atomic E-state index is 12.2. The van der Waals surface area contributed by atoms with E-state index in [-0.39, 0.29) is 28.7 Å². The van der Waals surface area contributed by atoms with Crippen LogP contribution in [0.2, 0.25) is 0 Å². The molecule has 0 unspecified atom stereocenters. The van der Waals surface area contributed by atoms with Gasteiger partial charge in [0.1, 0.15) is 0 Å². The predicted molar refractivity (Wildman–Crippen MR) is 75.5 cm³/mol. The minimum Gasteiger partial charge on any atom is -0.396 e. The van der Waals surface area contributed by atoms with E-state index in [9.17, 15) is 13.2 Å². The highest BCUT2D eigenvalue weighted by Crippen LogP contribution is 2.36. The number of aliphatic hydroxyl groups is 1. The number of hydrogen-bond acceptors (Lipinski definition) is 3. The summed E-state index contributed by atoms with van der Waals surface area (Å²) in [6.07, 6.45) is 0.709. The molecule has 0 radical (unpaired) electrons. The van der Waals surface area contributed by atoms with Crippen molar-refractivity contribution in [3.8, 4) is 0 Å². The van der Waals surface area contributed by atoms with Crippen LogP contribution in [-0.2, 0) is 6.54 Å². The third-order valence-corrected chi connectivity index (χ3v) is 3.62. The molecule has 0 amide bonds. The number of hydrogen-bond donors (Lipinski definition) is 2. The van der Waals surface area contributed by atoms with E-state index in [4.69, 9.17) is 5.11 Å². The zero-order valence-corrected chi connectivity index (χ0v) is 12.4. The van der Waals surface area contributed by atoms with Gasteiger partial charge in [-0.05, 0) is 41.3 Å². The molecule has 114 valence electrons. The number of aliphatic hydroxyl groups excluding tert-OH is 1. The van der Waals surface area contributed by atoms with Gasteiger partial charge in [0.05, 0.1) is 0 Å². The Morgan fingerprint density at radius 2 is 1.75 bits per heavy atom. The van der Waals surface area contributed by atoms with Crippen molar-refractivity contribution in [3.05, 3.63) is 29.8 Å². The van der Waals surface area contributed by atoms with Crippen LogP contribution >= 0.6 is 11.8 Å². The second-order valence-electron chi connectivity index (χ2n) is 5.43. The fraction of sp³-hybridized carbons (Fsp3) is 0.571. The van der Waals surface area contributed by atoms with Crippen molar-refractivity contribution in [3.63, 3.8) is 0 Å². The molecule has 0 spiro atoms. The fourth-order valence-electron chi connectivity index (χ4n) is 1.75. The lowest BCUT2D eigenvalue weighted by Crippen LogP contribution is -2.29. The molecule has 0 aliphatic heterocycles. The molecule has 2 N–H and O–H groups in total. The van der Waals surface area contributed by atoms with Crippen molar-refractivity contribution in [2.75, 3.05) is 13.2 Å². The van der Waals surface area contributed by atoms with E-state index in [1.54, 1.807) is 12.1 Å². The molecule has 0 atom stereocenters. The van der Waals surface area contributed by atoms with E-state index in [1.807, 2.05) is 0 Å². The highest BCUT2D eigenvalue weighted by molar-refractivity contribution is 8.00. The lowest BCUT2D eigenvalue weighted by Gasteiger charge is -2.24. The quantitative estimate of drug-likeness (QED) is 0.752. The SMILES string of the molecule is CC(C)(CCO)CNCc1ccc(SC(F)(F)F)cc1. The van der Waals surface area contributed by atoms with Crippen molar-refractivity contribution in [2.45, 2.75) is 37.2 Å². The molecule has 1 rings (SSSR count). The van der Waals surface area contributed by atoms with Gasteiger partial charge in [0.2, 0.25) is 0 Å². The zero-order valence-electron chi connectivity index (χ0n) is 11.6. The molecule has 0 aliphatic rings. The first-order valence-corrected chi connectivity index (χ1v) is 7.20. The number of alkyl halides is 3. The number of thioether (sulfide) groups is 1. The van der Waals surface area contributed by atoms with E-state index in [1.165, 1.54) is 12.1 Å². The molecule has 1 aromatic carbocycles. The van der Waals surface area contributed by atoms with Gasteiger partial charge in [-0.25, -0.2) is 0 Å². The van der Waals surface area contributed by atoms with Crippen molar-refractivity contribution in [1.82, 2.24) is 5.32 Å². The third kappa shape index (κ3) is 7.17. The van der Waals surface area contributed by atoms with Crippen molar-refractivity contribution in [1.29, 1.82) is 0 Å². The summed E-state index contributed by atoms with van der Waals surface area (Å²) < 4.78 is 36.5. The summed E-state index contributed by atoms with van der Waals surface area (Å²) >= 11 is -0.104. The molecule has 6 heteroatoms. The van der Waals surface area contributed by atoms with Crippen LogP contribution < -0.4 is 5.32 Å². The van der Waals surface area contributed by atoms with Gasteiger partial charge in [-0.15, -0.1) is 0 Å². The van der Waals surface area contributed by atoms with Crippen LogP contribution in [0.15, 0.2) is 29.2 Å².